The van der Waals surface area contributed by atoms with E-state index in [9.17, 15) is 9.59 Å². The Balaban J connectivity index is 1.67. The highest BCUT2D eigenvalue weighted by atomic mass is 32.1. The Labute approximate surface area is 142 Å². The molecule has 24 heavy (non-hydrogen) atoms. The van der Waals surface area contributed by atoms with Crippen molar-refractivity contribution in [2.24, 2.45) is 0 Å². The van der Waals surface area contributed by atoms with Gasteiger partial charge in [0.05, 0.1) is 5.39 Å². The number of benzene rings is 1. The Morgan fingerprint density at radius 3 is 2.88 bits per heavy atom. The number of fused-ring (bicyclic) bond motifs is 1. The maximum atomic E-state index is 12.0. The number of thiophene rings is 1. The highest BCUT2D eigenvalue weighted by Gasteiger charge is 2.18. The van der Waals surface area contributed by atoms with Crippen molar-refractivity contribution in [1.82, 2.24) is 10.3 Å². The molecule has 1 N–H and O–H groups in total. The van der Waals surface area contributed by atoms with E-state index < -0.39 is 17.8 Å². The van der Waals surface area contributed by atoms with E-state index in [0.29, 0.717) is 10.2 Å². The van der Waals surface area contributed by atoms with Gasteiger partial charge >= 0.3 is 11.7 Å². The number of ether oxygens (including phenoxy) is 1. The fourth-order valence-corrected chi connectivity index (χ4v) is 3.13. The summed E-state index contributed by atoms with van der Waals surface area (Å²) >= 11 is 1.37. The van der Waals surface area contributed by atoms with Crippen LogP contribution in [0, 0.1) is 6.92 Å². The number of nitrogens with one attached hydrogen (secondary N) is 1. The number of carbonyl (C=O) groups is 1. The second-order valence-corrected chi connectivity index (χ2v) is 6.22. The minimum atomic E-state index is -0.599. The monoisotopic (exact) mass is 344 g/mol. The van der Waals surface area contributed by atoms with Crippen molar-refractivity contribution in [3.63, 3.8) is 0 Å². The van der Waals surface area contributed by atoms with Crippen LogP contribution in [0.1, 0.15) is 30.0 Å². The molecule has 3 rings (SSSR count). The van der Waals surface area contributed by atoms with Gasteiger partial charge in [-0.1, -0.05) is 30.3 Å². The maximum absolute atomic E-state index is 12.0. The molecule has 124 valence electrons. The van der Waals surface area contributed by atoms with E-state index in [2.05, 4.69) is 10.3 Å². The molecule has 0 saturated carbocycles. The average molecular weight is 344 g/mol. The van der Waals surface area contributed by atoms with Gasteiger partial charge in [-0.25, -0.2) is 14.6 Å². The van der Waals surface area contributed by atoms with E-state index in [4.69, 9.17) is 9.15 Å². The standard InChI is InChI=1S/C17H16N2O4S/c1-10-9-24-15-13(10)16(20)23-14(19-15)11(2)18-17(21)22-8-12-6-4-3-5-7-12/h3-7,9,11H,8H2,1-2H3,(H,18,21). The van der Waals surface area contributed by atoms with Crippen LogP contribution in [0.5, 0.6) is 0 Å². The lowest BCUT2D eigenvalue weighted by atomic mass is 10.2. The van der Waals surface area contributed by atoms with Gasteiger partial charge in [0, 0.05) is 0 Å². The minimum Gasteiger partial charge on any atom is -0.445 e. The predicted octanol–water partition coefficient (Wildman–Crippen LogP) is 3.55. The van der Waals surface area contributed by atoms with Gasteiger partial charge in [0.15, 0.2) is 0 Å². The van der Waals surface area contributed by atoms with Crippen LogP contribution in [-0.4, -0.2) is 11.1 Å². The summed E-state index contributed by atoms with van der Waals surface area (Å²) < 4.78 is 10.4. The van der Waals surface area contributed by atoms with Crippen molar-refractivity contribution in [3.8, 4) is 0 Å². The molecule has 0 spiro atoms. The summed E-state index contributed by atoms with van der Waals surface area (Å²) in [5.74, 6) is 0.158. The zero-order valence-electron chi connectivity index (χ0n) is 13.2. The molecule has 0 saturated heterocycles. The van der Waals surface area contributed by atoms with Crippen LogP contribution in [0.2, 0.25) is 0 Å². The van der Waals surface area contributed by atoms with Crippen molar-refractivity contribution >= 4 is 27.6 Å². The smallest absolute Gasteiger partial charge is 0.408 e. The summed E-state index contributed by atoms with van der Waals surface area (Å²) in [6.45, 7) is 3.68. The van der Waals surface area contributed by atoms with Crippen molar-refractivity contribution in [2.45, 2.75) is 26.5 Å². The number of hydrogen-bond acceptors (Lipinski definition) is 6. The molecule has 7 heteroatoms. The predicted molar refractivity (Wildman–Crippen MR) is 91.1 cm³/mol. The lowest BCUT2D eigenvalue weighted by Gasteiger charge is -2.12. The van der Waals surface area contributed by atoms with Gasteiger partial charge in [0.1, 0.15) is 17.5 Å². The van der Waals surface area contributed by atoms with Crippen molar-refractivity contribution < 1.29 is 13.9 Å². The summed E-state index contributed by atoms with van der Waals surface area (Å²) in [7, 11) is 0. The molecule has 0 aliphatic heterocycles. The van der Waals surface area contributed by atoms with E-state index in [-0.39, 0.29) is 12.5 Å². The summed E-state index contributed by atoms with van der Waals surface area (Å²) in [6.07, 6.45) is -0.599. The maximum Gasteiger partial charge on any atom is 0.408 e. The third-order valence-electron chi connectivity index (χ3n) is 3.49. The molecule has 0 aliphatic rings. The molecule has 0 aliphatic carbocycles. The molecular formula is C17H16N2O4S. The number of alkyl carbamates (subject to hydrolysis) is 1. The van der Waals surface area contributed by atoms with E-state index in [0.717, 1.165) is 11.1 Å². The molecule has 1 unspecified atom stereocenters. The highest BCUT2D eigenvalue weighted by molar-refractivity contribution is 7.16. The van der Waals surface area contributed by atoms with Crippen molar-refractivity contribution in [2.75, 3.05) is 0 Å². The van der Waals surface area contributed by atoms with Crippen molar-refractivity contribution in [1.29, 1.82) is 0 Å². The zero-order chi connectivity index (χ0) is 17.1. The van der Waals surface area contributed by atoms with E-state index in [1.165, 1.54) is 11.3 Å². The first-order valence-corrected chi connectivity index (χ1v) is 8.28. The normalized spacial score (nSPS) is 12.1. The SMILES string of the molecule is Cc1csc2nc(C(C)NC(=O)OCc3ccccc3)oc(=O)c12. The first kappa shape index (κ1) is 16.2. The Morgan fingerprint density at radius 1 is 1.38 bits per heavy atom. The lowest BCUT2D eigenvalue weighted by molar-refractivity contribution is 0.134. The topological polar surface area (TPSA) is 81.4 Å². The number of amides is 1. The highest BCUT2D eigenvalue weighted by Crippen LogP contribution is 2.22. The molecule has 0 radical (unpaired) electrons. The van der Waals surface area contributed by atoms with Crippen LogP contribution in [0.4, 0.5) is 4.79 Å². The van der Waals surface area contributed by atoms with Crippen LogP contribution >= 0.6 is 11.3 Å². The van der Waals surface area contributed by atoms with Crippen LogP contribution in [-0.2, 0) is 11.3 Å². The molecule has 0 fully saturated rings. The largest absolute Gasteiger partial charge is 0.445 e. The van der Waals surface area contributed by atoms with Gasteiger partial charge in [-0.3, -0.25) is 0 Å². The number of carbonyl (C=O) groups excluding carboxylic acids is 1. The number of aryl methyl sites for hydroxylation is 1. The fourth-order valence-electron chi connectivity index (χ4n) is 2.22. The Hall–Kier alpha value is -2.67. The summed E-state index contributed by atoms with van der Waals surface area (Å²) in [6, 6.07) is 8.79. The average Bonchev–Trinajstić information content (AvgIpc) is 2.95. The van der Waals surface area contributed by atoms with E-state index in [1.807, 2.05) is 42.6 Å². The van der Waals surface area contributed by atoms with E-state index >= 15 is 0 Å². The molecule has 1 aromatic carbocycles. The van der Waals surface area contributed by atoms with Gasteiger partial charge in [0.25, 0.3) is 0 Å². The second kappa shape index (κ2) is 6.84. The van der Waals surface area contributed by atoms with Crippen LogP contribution in [0.3, 0.4) is 0 Å². The zero-order valence-corrected chi connectivity index (χ0v) is 14.1. The number of aromatic nitrogens is 1. The van der Waals surface area contributed by atoms with Gasteiger partial charge < -0.3 is 14.5 Å². The third kappa shape index (κ3) is 3.46. The van der Waals surface area contributed by atoms with Gasteiger partial charge in [-0.15, -0.1) is 11.3 Å². The number of hydrogen-bond donors (Lipinski definition) is 1. The fraction of sp³-hybridized carbons (Fsp3) is 0.235. The van der Waals surface area contributed by atoms with Crippen LogP contribution in [0.15, 0.2) is 44.9 Å². The molecule has 1 atom stereocenters. The molecule has 2 aromatic heterocycles. The first-order valence-electron chi connectivity index (χ1n) is 7.40. The lowest BCUT2D eigenvalue weighted by Crippen LogP contribution is -2.28. The molecule has 1 amide bonds. The molecule has 2 heterocycles. The van der Waals surface area contributed by atoms with Crippen molar-refractivity contribution in [3.05, 3.63) is 63.1 Å². The van der Waals surface area contributed by atoms with Crippen LogP contribution in [0.25, 0.3) is 10.2 Å². The Morgan fingerprint density at radius 2 is 2.12 bits per heavy atom. The minimum absolute atomic E-state index is 0.158. The van der Waals surface area contributed by atoms with Gasteiger partial charge in [0.2, 0.25) is 5.89 Å². The first-order chi connectivity index (χ1) is 11.5. The third-order valence-corrected chi connectivity index (χ3v) is 4.48. The van der Waals surface area contributed by atoms with Gasteiger partial charge in [-0.05, 0) is 30.4 Å². The summed E-state index contributed by atoms with van der Waals surface area (Å²) in [5, 5.41) is 4.95. The molecule has 3 aromatic rings. The molecule has 6 nitrogen and oxygen atoms in total. The number of rotatable bonds is 4. The van der Waals surface area contributed by atoms with E-state index in [1.54, 1.807) is 6.92 Å². The molecular weight excluding hydrogens is 328 g/mol. The molecule has 0 bridgehead atoms. The summed E-state index contributed by atoms with van der Waals surface area (Å²) in [4.78, 5) is 28.8. The van der Waals surface area contributed by atoms with Gasteiger partial charge in [-0.2, -0.15) is 0 Å². The number of nitrogens with zero attached hydrogens (tertiary/aromatic N) is 1. The van der Waals surface area contributed by atoms with Crippen LogP contribution < -0.4 is 10.9 Å². The Bertz CT molecular complexity index is 917. The second-order valence-electron chi connectivity index (χ2n) is 5.37. The quantitative estimate of drug-likeness (QED) is 0.783. The summed E-state index contributed by atoms with van der Waals surface area (Å²) in [5.41, 5.74) is 1.28. The Kier molecular flexibility index (Phi) is 4.61.